The first kappa shape index (κ1) is 21.8. The molecule has 1 unspecified atom stereocenters. The molecule has 30 heavy (non-hydrogen) atoms. The summed E-state index contributed by atoms with van der Waals surface area (Å²) in [5, 5.41) is 0.965. The fraction of sp³-hybridized carbons (Fsp3) is 0.348. The van der Waals surface area contributed by atoms with Crippen molar-refractivity contribution in [3.63, 3.8) is 0 Å². The number of ether oxygens (including phenoxy) is 1. The summed E-state index contributed by atoms with van der Waals surface area (Å²) in [6.45, 7) is 6.80. The van der Waals surface area contributed by atoms with Crippen LogP contribution in [0.3, 0.4) is 0 Å². The van der Waals surface area contributed by atoms with Crippen molar-refractivity contribution in [1.29, 1.82) is 0 Å². The smallest absolute Gasteiger partial charge is 0.261 e. The van der Waals surface area contributed by atoms with Crippen molar-refractivity contribution in [1.82, 2.24) is 14.5 Å². The molecule has 158 valence electrons. The van der Waals surface area contributed by atoms with Crippen LogP contribution in [-0.2, 0) is 6.54 Å². The van der Waals surface area contributed by atoms with Gasteiger partial charge in [-0.25, -0.2) is 4.98 Å². The van der Waals surface area contributed by atoms with Gasteiger partial charge in [-0.15, -0.1) is 0 Å². The van der Waals surface area contributed by atoms with Crippen molar-refractivity contribution >= 4 is 28.4 Å². The topological polar surface area (TPSA) is 64.4 Å². The molecule has 7 heteroatoms. The number of halogens is 1. The summed E-state index contributed by atoms with van der Waals surface area (Å²) in [5.41, 5.74) is 0.950. The molecule has 2 aromatic carbocycles. The van der Waals surface area contributed by atoms with E-state index in [0.717, 1.165) is 6.42 Å². The molecule has 1 heterocycles. The molecular formula is C23H26ClN3O3. The number of rotatable bonds is 7. The lowest BCUT2D eigenvalue weighted by Gasteiger charge is -2.30. The molecule has 0 fully saturated rings. The molecule has 0 N–H and O–H groups in total. The van der Waals surface area contributed by atoms with Gasteiger partial charge in [0, 0.05) is 23.7 Å². The van der Waals surface area contributed by atoms with Gasteiger partial charge in [0.05, 0.1) is 24.1 Å². The highest BCUT2D eigenvalue weighted by Crippen LogP contribution is 2.24. The second-order valence-electron chi connectivity index (χ2n) is 7.09. The Kier molecular flexibility index (Phi) is 6.77. The molecule has 0 aliphatic heterocycles. The van der Waals surface area contributed by atoms with Crippen LogP contribution in [0.5, 0.6) is 5.75 Å². The number of benzene rings is 2. The summed E-state index contributed by atoms with van der Waals surface area (Å²) in [6, 6.07) is 11.8. The Bertz CT molecular complexity index is 1130. The molecule has 0 bridgehead atoms. The summed E-state index contributed by atoms with van der Waals surface area (Å²) < 4.78 is 6.88. The highest BCUT2D eigenvalue weighted by molar-refractivity contribution is 6.31. The molecule has 0 aliphatic carbocycles. The van der Waals surface area contributed by atoms with Gasteiger partial charge in [0.1, 0.15) is 11.6 Å². The van der Waals surface area contributed by atoms with Gasteiger partial charge < -0.3 is 9.64 Å². The lowest BCUT2D eigenvalue weighted by Crippen LogP contribution is -2.38. The first-order valence-electron chi connectivity index (χ1n) is 10.1. The number of carbonyl (C=O) groups is 1. The molecule has 0 radical (unpaired) electrons. The Labute approximate surface area is 181 Å². The summed E-state index contributed by atoms with van der Waals surface area (Å²) in [4.78, 5) is 32.9. The minimum absolute atomic E-state index is 0.128. The standard InChI is InChI=1S/C23H26ClN3O3/c1-5-12-27(22(28)16-8-7-9-18(13-16)30-4)15(3)21-25-20-11-10-17(24)14-19(20)23(29)26(21)6-2/h7-11,13-15H,5-6,12H2,1-4H3. The third-order valence-corrected chi connectivity index (χ3v) is 5.38. The molecule has 3 aromatic rings. The highest BCUT2D eigenvalue weighted by atomic mass is 35.5. The number of aromatic nitrogens is 2. The van der Waals surface area contributed by atoms with E-state index in [0.29, 0.717) is 46.2 Å². The summed E-state index contributed by atoms with van der Waals surface area (Å²) in [5.74, 6) is 1.05. The number of methoxy groups -OCH3 is 1. The zero-order valence-electron chi connectivity index (χ0n) is 17.7. The van der Waals surface area contributed by atoms with E-state index in [1.165, 1.54) is 0 Å². The Morgan fingerprint density at radius 2 is 2.00 bits per heavy atom. The number of hydrogen-bond acceptors (Lipinski definition) is 4. The van der Waals surface area contributed by atoms with Gasteiger partial charge in [-0.3, -0.25) is 14.2 Å². The Hall–Kier alpha value is -2.86. The second-order valence-corrected chi connectivity index (χ2v) is 7.52. The third kappa shape index (κ3) is 4.19. The predicted octanol–water partition coefficient (Wildman–Crippen LogP) is 4.69. The van der Waals surface area contributed by atoms with Crippen molar-refractivity contribution < 1.29 is 9.53 Å². The Morgan fingerprint density at radius 3 is 2.67 bits per heavy atom. The molecule has 1 aromatic heterocycles. The van der Waals surface area contributed by atoms with Crippen LogP contribution in [0.15, 0.2) is 47.3 Å². The van der Waals surface area contributed by atoms with E-state index in [1.54, 1.807) is 59.0 Å². The lowest BCUT2D eigenvalue weighted by atomic mass is 10.1. The van der Waals surface area contributed by atoms with Crippen LogP contribution in [0, 0.1) is 0 Å². The monoisotopic (exact) mass is 427 g/mol. The van der Waals surface area contributed by atoms with E-state index in [-0.39, 0.29) is 11.5 Å². The molecule has 0 aliphatic rings. The second kappa shape index (κ2) is 9.30. The number of hydrogen-bond donors (Lipinski definition) is 0. The average Bonchev–Trinajstić information content (AvgIpc) is 2.77. The van der Waals surface area contributed by atoms with Crippen molar-refractivity contribution in [2.75, 3.05) is 13.7 Å². The van der Waals surface area contributed by atoms with Crippen molar-refractivity contribution in [2.45, 2.75) is 39.8 Å². The maximum atomic E-state index is 13.3. The summed E-state index contributed by atoms with van der Waals surface area (Å²) >= 11 is 6.08. The van der Waals surface area contributed by atoms with Gasteiger partial charge in [0.15, 0.2) is 0 Å². The number of fused-ring (bicyclic) bond motifs is 1. The molecule has 1 amide bonds. The predicted molar refractivity (Wildman–Crippen MR) is 119 cm³/mol. The minimum Gasteiger partial charge on any atom is -0.497 e. The Balaban J connectivity index is 2.10. The largest absolute Gasteiger partial charge is 0.497 e. The van der Waals surface area contributed by atoms with E-state index in [4.69, 9.17) is 21.3 Å². The zero-order chi connectivity index (χ0) is 21.8. The van der Waals surface area contributed by atoms with E-state index < -0.39 is 6.04 Å². The zero-order valence-corrected chi connectivity index (χ0v) is 18.4. The summed E-state index contributed by atoms with van der Waals surface area (Å²) in [6.07, 6.45) is 0.777. The number of carbonyl (C=O) groups excluding carboxylic acids is 1. The molecule has 1 atom stereocenters. The SMILES string of the molecule is CCCN(C(=O)c1cccc(OC)c1)C(C)c1nc2ccc(Cl)cc2c(=O)n1CC. The van der Waals surface area contributed by atoms with Crippen molar-refractivity contribution in [3.8, 4) is 5.75 Å². The first-order chi connectivity index (χ1) is 14.4. The van der Waals surface area contributed by atoms with Gasteiger partial charge in [-0.1, -0.05) is 24.6 Å². The first-order valence-corrected chi connectivity index (χ1v) is 10.4. The summed E-state index contributed by atoms with van der Waals surface area (Å²) in [7, 11) is 1.57. The van der Waals surface area contributed by atoms with Gasteiger partial charge in [-0.05, 0) is 56.7 Å². The van der Waals surface area contributed by atoms with Crippen LogP contribution in [0.1, 0.15) is 49.4 Å². The van der Waals surface area contributed by atoms with E-state index in [9.17, 15) is 9.59 Å². The fourth-order valence-electron chi connectivity index (χ4n) is 3.61. The molecule has 0 spiro atoms. The van der Waals surface area contributed by atoms with Crippen LogP contribution in [0.2, 0.25) is 5.02 Å². The van der Waals surface area contributed by atoms with Crippen molar-refractivity contribution in [3.05, 3.63) is 69.2 Å². The molecule has 6 nitrogen and oxygen atoms in total. The quantitative estimate of drug-likeness (QED) is 0.548. The van der Waals surface area contributed by atoms with Crippen LogP contribution in [-0.4, -0.2) is 34.0 Å². The van der Waals surface area contributed by atoms with Crippen LogP contribution >= 0.6 is 11.6 Å². The minimum atomic E-state index is -0.392. The van der Waals surface area contributed by atoms with Crippen LogP contribution < -0.4 is 10.3 Å². The van der Waals surface area contributed by atoms with E-state index in [1.807, 2.05) is 20.8 Å². The molecular weight excluding hydrogens is 402 g/mol. The van der Waals surface area contributed by atoms with Gasteiger partial charge in [0.25, 0.3) is 11.5 Å². The van der Waals surface area contributed by atoms with Gasteiger partial charge in [0.2, 0.25) is 0 Å². The molecule has 3 rings (SSSR count). The van der Waals surface area contributed by atoms with E-state index in [2.05, 4.69) is 0 Å². The number of amides is 1. The average molecular weight is 428 g/mol. The van der Waals surface area contributed by atoms with Crippen molar-refractivity contribution in [2.24, 2.45) is 0 Å². The fourth-order valence-corrected chi connectivity index (χ4v) is 3.78. The van der Waals surface area contributed by atoms with Gasteiger partial charge >= 0.3 is 0 Å². The van der Waals surface area contributed by atoms with E-state index >= 15 is 0 Å². The van der Waals surface area contributed by atoms with Gasteiger partial charge in [-0.2, -0.15) is 0 Å². The third-order valence-electron chi connectivity index (χ3n) is 5.15. The number of nitrogens with zero attached hydrogens (tertiary/aromatic N) is 3. The van der Waals surface area contributed by atoms with Crippen LogP contribution in [0.4, 0.5) is 0 Å². The lowest BCUT2D eigenvalue weighted by molar-refractivity contribution is 0.0679. The van der Waals surface area contributed by atoms with Crippen LogP contribution in [0.25, 0.3) is 10.9 Å². The highest BCUT2D eigenvalue weighted by Gasteiger charge is 2.26. The maximum Gasteiger partial charge on any atom is 0.261 e. The maximum absolute atomic E-state index is 13.3. The normalized spacial score (nSPS) is 12.0. The Morgan fingerprint density at radius 1 is 1.23 bits per heavy atom. The molecule has 0 saturated heterocycles. The molecule has 0 saturated carbocycles.